The average molecular weight is 1400 g/mol. The predicted octanol–water partition coefficient (Wildman–Crippen LogP) is 22.7. The number of rotatable bonds is 3. The Hall–Kier alpha value is -13.4. The second-order valence-corrected chi connectivity index (χ2v) is 26.3. The van der Waals surface area contributed by atoms with Gasteiger partial charge in [0.2, 0.25) is 0 Å². The van der Waals surface area contributed by atoms with Gasteiger partial charge < -0.3 is 0 Å². The lowest BCUT2D eigenvalue weighted by atomic mass is 9.94. The average Bonchev–Trinajstić information content (AvgIpc) is 1.40. The second-order valence-electron chi connectivity index (χ2n) is 25.0. The third kappa shape index (κ3) is 11.3. The Kier molecular flexibility index (Phi) is 16.9. The number of hydrogen-bond acceptors (Lipinski definition) is 7. The van der Waals surface area contributed by atoms with Crippen LogP contribution in [0.15, 0.2) is 293 Å². The van der Waals surface area contributed by atoms with E-state index in [9.17, 15) is 19.6 Å². The van der Waals surface area contributed by atoms with Gasteiger partial charge in [0.15, 0.2) is 11.4 Å². The Labute approximate surface area is 608 Å². The Bertz CT molecular complexity index is 6710. The van der Waals surface area contributed by atoms with E-state index >= 15 is 0 Å². The molecule has 0 fully saturated rings. The van der Waals surface area contributed by atoms with Crippen LogP contribution in [-0.2, 0) is 0 Å². The van der Waals surface area contributed by atoms with Crippen molar-refractivity contribution in [2.45, 2.75) is 13.8 Å². The highest BCUT2D eigenvalue weighted by atomic mass is 35.5. The van der Waals surface area contributed by atoms with E-state index < -0.39 is 0 Å². The Morgan fingerprint density at radius 2 is 0.654 bits per heavy atom. The van der Waals surface area contributed by atoms with Gasteiger partial charge in [0, 0.05) is 79.7 Å². The van der Waals surface area contributed by atoms with Gasteiger partial charge in [-0.2, -0.15) is 5.26 Å². The summed E-state index contributed by atoms with van der Waals surface area (Å²) in [6.07, 6.45) is 0. The van der Waals surface area contributed by atoms with Crippen LogP contribution in [0.3, 0.4) is 0 Å². The molecule has 6 heterocycles. The molecule has 0 saturated carbocycles. The molecule has 0 atom stereocenters. The molecule has 14 aromatic carbocycles. The standard InChI is InChI=1S/3C25H12ClN3O.2C7H8/c2*1-27-15-7-12-20-21(13-15)29-24(28-20)17-10-11-19(26)23-16(14-5-3-2-4-6-14)8-9-18(22(17)23)25(29)30;26-19-10-9-17-22-18(8-7-16(23(19)22)15-4-2-1-3-5-15)25(30)29-21-11-6-14(13-27)12-20(21)28-24(17)29;2*1-7-5-3-2-4-6-7/h2*2-13H;1-12H;2*2-6H,1H3. The molecule has 0 unspecified atom stereocenters. The van der Waals surface area contributed by atoms with Gasteiger partial charge in [-0.05, 0) is 144 Å². The number of nitriles is 1. The molecule has 104 heavy (non-hydrogen) atoms. The van der Waals surface area contributed by atoms with Gasteiger partial charge in [0.1, 0.15) is 16.9 Å². The fourth-order valence-electron chi connectivity index (χ4n) is 14.0. The van der Waals surface area contributed by atoms with Crippen molar-refractivity contribution in [2.75, 3.05) is 0 Å². The maximum absolute atomic E-state index is 13.5. The highest BCUT2D eigenvalue weighted by Crippen LogP contribution is 2.44. The molecule has 12 nitrogen and oxygen atoms in total. The summed E-state index contributed by atoms with van der Waals surface area (Å²) >= 11 is 20.0. The first-order chi connectivity index (χ1) is 50.8. The van der Waals surface area contributed by atoms with Crippen LogP contribution in [0, 0.1) is 38.3 Å². The quantitative estimate of drug-likeness (QED) is 0.161. The molecule has 6 aromatic heterocycles. The van der Waals surface area contributed by atoms with Crippen molar-refractivity contribution in [1.82, 2.24) is 28.2 Å². The van der Waals surface area contributed by atoms with E-state index in [0.717, 1.165) is 81.9 Å². The summed E-state index contributed by atoms with van der Waals surface area (Å²) < 4.78 is 4.85. The van der Waals surface area contributed by atoms with Crippen LogP contribution in [0.25, 0.3) is 158 Å². The number of aromatic nitrogens is 6. The number of pyridine rings is 3. The van der Waals surface area contributed by atoms with Crippen LogP contribution in [0.2, 0.25) is 15.1 Å². The summed E-state index contributed by atoms with van der Waals surface area (Å²) in [6.45, 7) is 18.8. The number of benzene rings is 14. The maximum Gasteiger partial charge on any atom is 0.264 e. The largest absolute Gasteiger partial charge is 0.268 e. The number of nitrogens with zero attached hydrogens (tertiary/aromatic N) is 9. The molecule has 0 radical (unpaired) electrons. The lowest BCUT2D eigenvalue weighted by Gasteiger charge is -2.13. The third-order valence-electron chi connectivity index (χ3n) is 18.8. The van der Waals surface area contributed by atoms with Gasteiger partial charge in [-0.3, -0.25) is 27.6 Å². The molecule has 20 aromatic rings. The van der Waals surface area contributed by atoms with Gasteiger partial charge in [-0.25, -0.2) is 24.6 Å². The molecule has 0 amide bonds. The van der Waals surface area contributed by atoms with Crippen molar-refractivity contribution in [3.63, 3.8) is 0 Å². The van der Waals surface area contributed by atoms with E-state index in [0.29, 0.717) is 98.2 Å². The normalized spacial score (nSPS) is 11.2. The van der Waals surface area contributed by atoms with Crippen molar-refractivity contribution < 1.29 is 0 Å². The summed E-state index contributed by atoms with van der Waals surface area (Å²) in [7, 11) is 0. The molecule has 0 bridgehead atoms. The molecule has 0 aliphatic rings. The topological polar surface area (TPSA) is 136 Å². The molecule has 0 spiro atoms. The smallest absolute Gasteiger partial charge is 0.264 e. The number of fused-ring (bicyclic) bond motifs is 12. The molecular weight excluding hydrogens is 1350 g/mol. The Morgan fingerprint density at radius 1 is 0.337 bits per heavy atom. The van der Waals surface area contributed by atoms with Crippen LogP contribution in [0.4, 0.5) is 11.4 Å². The lowest BCUT2D eigenvalue weighted by Crippen LogP contribution is -2.13. The number of halogens is 3. The van der Waals surface area contributed by atoms with Crippen molar-refractivity contribution in [2.24, 2.45) is 0 Å². The lowest BCUT2D eigenvalue weighted by molar-refractivity contribution is 1.19. The zero-order valence-electron chi connectivity index (χ0n) is 55.4. The molecule has 0 aliphatic carbocycles. The van der Waals surface area contributed by atoms with Gasteiger partial charge in [-0.1, -0.05) is 228 Å². The van der Waals surface area contributed by atoms with Crippen molar-refractivity contribution in [3.8, 4) is 39.4 Å². The second kappa shape index (κ2) is 26.9. The fourth-order valence-corrected chi connectivity index (χ4v) is 14.8. The van der Waals surface area contributed by atoms with E-state index in [4.69, 9.17) is 62.9 Å². The summed E-state index contributed by atoms with van der Waals surface area (Å²) in [5, 5.41) is 20.4. The first kappa shape index (κ1) is 65.2. The van der Waals surface area contributed by atoms with Gasteiger partial charge in [0.25, 0.3) is 16.7 Å². The molecule has 15 heteroatoms. The SMILES string of the molecule is Cc1ccccc1.Cc1ccccc1.N#Cc1ccc2c(c1)nc1c3ccc(Cl)c4c(-c5ccccc5)ccc(c(=O)n21)c43.[C-]#[N+]c1ccc2nc3c4ccc(Cl)c5c(-c6ccccc6)ccc(c(=O)n3c2c1)c54.[C-]#[N+]c1ccc2nc3c4ccc(Cl)c5c(-c6ccccc6)ccc(c(=O)n3c2c1)c54. The first-order valence-electron chi connectivity index (χ1n) is 33.1. The van der Waals surface area contributed by atoms with Crippen LogP contribution in [-0.4, -0.2) is 28.2 Å². The van der Waals surface area contributed by atoms with E-state index in [1.165, 1.54) is 11.1 Å². The fraction of sp³-hybridized carbons (Fsp3) is 0.0225. The highest BCUT2D eigenvalue weighted by Gasteiger charge is 2.24. The zero-order valence-corrected chi connectivity index (χ0v) is 57.7. The molecule has 0 N–H and O–H groups in total. The van der Waals surface area contributed by atoms with Crippen LogP contribution in [0.5, 0.6) is 0 Å². The van der Waals surface area contributed by atoms with Gasteiger partial charge >= 0.3 is 0 Å². The van der Waals surface area contributed by atoms with E-state index in [-0.39, 0.29) is 16.7 Å². The minimum Gasteiger partial charge on any atom is -0.268 e. The number of aryl methyl sites for hydroxylation is 2. The van der Waals surface area contributed by atoms with Crippen molar-refractivity contribution in [1.29, 1.82) is 5.26 Å². The van der Waals surface area contributed by atoms with E-state index in [2.05, 4.69) is 53.9 Å². The van der Waals surface area contributed by atoms with E-state index in [1.807, 2.05) is 200 Å². The number of imidazole rings is 3. The molecule has 492 valence electrons. The summed E-state index contributed by atoms with van der Waals surface area (Å²) in [5.41, 5.74) is 15.4. The molecular formula is C89H52Cl3N9O3. The van der Waals surface area contributed by atoms with E-state index in [1.54, 1.807) is 67.8 Å². The summed E-state index contributed by atoms with van der Waals surface area (Å²) in [6, 6.07) is 91.1. The van der Waals surface area contributed by atoms with Gasteiger partial charge in [-0.15, -0.1) is 0 Å². The van der Waals surface area contributed by atoms with Gasteiger partial charge in [0.05, 0.1) is 57.9 Å². The Morgan fingerprint density at radius 3 is 0.971 bits per heavy atom. The van der Waals surface area contributed by atoms with Crippen LogP contribution < -0.4 is 16.7 Å². The van der Waals surface area contributed by atoms with Crippen LogP contribution in [0.1, 0.15) is 16.7 Å². The van der Waals surface area contributed by atoms with Crippen molar-refractivity contribution >= 4 is 161 Å². The zero-order chi connectivity index (χ0) is 71.4. The minimum atomic E-state index is -0.158. The van der Waals surface area contributed by atoms with Crippen LogP contribution >= 0.6 is 34.8 Å². The Balaban J connectivity index is 0.000000109. The molecule has 0 aliphatic heterocycles. The minimum absolute atomic E-state index is 0.142. The third-order valence-corrected chi connectivity index (χ3v) is 19.8. The monoisotopic (exact) mass is 1400 g/mol. The molecule has 20 rings (SSSR count). The van der Waals surface area contributed by atoms with Crippen molar-refractivity contribution in [3.05, 3.63) is 365 Å². The first-order valence-corrected chi connectivity index (χ1v) is 34.3. The highest BCUT2D eigenvalue weighted by molar-refractivity contribution is 6.41. The molecule has 0 saturated heterocycles. The summed E-state index contributed by atoms with van der Waals surface area (Å²) in [5.74, 6) is 0. The summed E-state index contributed by atoms with van der Waals surface area (Å²) in [4.78, 5) is 61.7. The number of hydrogen-bond donors (Lipinski definition) is 0. The predicted molar refractivity (Wildman–Crippen MR) is 426 cm³/mol. The maximum atomic E-state index is 13.5.